The van der Waals surface area contributed by atoms with Crippen molar-refractivity contribution < 1.29 is 14.3 Å². The van der Waals surface area contributed by atoms with E-state index in [0.717, 1.165) is 10.0 Å². The zero-order valence-electron chi connectivity index (χ0n) is 9.05. The van der Waals surface area contributed by atoms with E-state index in [-0.39, 0.29) is 5.97 Å². The van der Waals surface area contributed by atoms with Gasteiger partial charge in [0.1, 0.15) is 11.3 Å². The Kier molecular flexibility index (Phi) is 5.28. The molecular formula is C11H12Br2O3. The zero-order chi connectivity index (χ0) is 12.1. The minimum Gasteiger partial charge on any atom is -0.492 e. The molecule has 0 saturated carbocycles. The molecule has 88 valence electrons. The van der Waals surface area contributed by atoms with Gasteiger partial charge in [0, 0.05) is 5.33 Å². The van der Waals surface area contributed by atoms with Crippen LogP contribution in [0.15, 0.2) is 16.6 Å². The molecule has 5 heteroatoms. The maximum Gasteiger partial charge on any atom is 0.342 e. The van der Waals surface area contributed by atoms with Gasteiger partial charge in [0.2, 0.25) is 0 Å². The molecule has 0 aliphatic rings. The number of rotatable bonds is 4. The molecular weight excluding hydrogens is 340 g/mol. The van der Waals surface area contributed by atoms with Crippen LogP contribution < -0.4 is 4.74 Å². The van der Waals surface area contributed by atoms with Crippen molar-refractivity contribution in [3.8, 4) is 5.75 Å². The third-order valence-corrected chi connectivity index (χ3v) is 3.25. The molecule has 1 rings (SSSR count). The van der Waals surface area contributed by atoms with Crippen LogP contribution in [0.1, 0.15) is 22.8 Å². The maximum atomic E-state index is 11.7. The summed E-state index contributed by atoms with van der Waals surface area (Å²) in [5.74, 6) is 0.144. The van der Waals surface area contributed by atoms with Gasteiger partial charge in [0.15, 0.2) is 0 Å². The van der Waals surface area contributed by atoms with Crippen molar-refractivity contribution >= 4 is 37.8 Å². The highest BCUT2D eigenvalue weighted by Gasteiger charge is 2.20. The Morgan fingerprint density at radius 1 is 1.44 bits per heavy atom. The van der Waals surface area contributed by atoms with Crippen molar-refractivity contribution in [2.75, 3.05) is 13.7 Å². The van der Waals surface area contributed by atoms with E-state index in [4.69, 9.17) is 9.47 Å². The van der Waals surface area contributed by atoms with Gasteiger partial charge in [0.25, 0.3) is 0 Å². The molecule has 0 heterocycles. The number of alkyl halides is 1. The van der Waals surface area contributed by atoms with Crippen LogP contribution in [-0.4, -0.2) is 19.7 Å². The SMILES string of the molecule is CCOc1c(Br)ccc(CBr)c1C(=O)OC. The average Bonchev–Trinajstić information content (AvgIpc) is 2.30. The van der Waals surface area contributed by atoms with Crippen LogP contribution in [0.4, 0.5) is 0 Å². The molecule has 0 N–H and O–H groups in total. The van der Waals surface area contributed by atoms with Crippen LogP contribution in [0, 0.1) is 0 Å². The number of benzene rings is 1. The van der Waals surface area contributed by atoms with E-state index in [9.17, 15) is 4.79 Å². The smallest absolute Gasteiger partial charge is 0.342 e. The van der Waals surface area contributed by atoms with E-state index < -0.39 is 0 Å². The molecule has 0 bridgehead atoms. The van der Waals surface area contributed by atoms with E-state index in [1.54, 1.807) is 0 Å². The monoisotopic (exact) mass is 350 g/mol. The van der Waals surface area contributed by atoms with Crippen LogP contribution >= 0.6 is 31.9 Å². The van der Waals surface area contributed by atoms with Gasteiger partial charge in [-0.1, -0.05) is 22.0 Å². The number of carbonyl (C=O) groups excluding carboxylic acids is 1. The molecule has 0 fully saturated rings. The van der Waals surface area contributed by atoms with Gasteiger partial charge in [-0.05, 0) is 34.5 Å². The van der Waals surface area contributed by atoms with E-state index in [2.05, 4.69) is 31.9 Å². The molecule has 0 unspecified atom stereocenters. The number of esters is 1. The molecule has 16 heavy (non-hydrogen) atoms. The first-order valence-electron chi connectivity index (χ1n) is 4.74. The Labute approximate surface area is 111 Å². The summed E-state index contributed by atoms with van der Waals surface area (Å²) in [5, 5.41) is 0.574. The summed E-state index contributed by atoms with van der Waals surface area (Å²) in [6.45, 7) is 2.36. The first-order valence-corrected chi connectivity index (χ1v) is 6.65. The predicted molar refractivity (Wildman–Crippen MR) is 69.3 cm³/mol. The third-order valence-electron chi connectivity index (χ3n) is 2.02. The Morgan fingerprint density at radius 3 is 2.62 bits per heavy atom. The van der Waals surface area contributed by atoms with Crippen LogP contribution in [0.5, 0.6) is 5.75 Å². The number of carbonyl (C=O) groups is 1. The lowest BCUT2D eigenvalue weighted by Crippen LogP contribution is -2.09. The summed E-state index contributed by atoms with van der Waals surface area (Å²) < 4.78 is 11.0. The molecule has 0 saturated heterocycles. The number of ether oxygens (including phenoxy) is 2. The maximum absolute atomic E-state index is 11.7. The van der Waals surface area contributed by atoms with E-state index in [0.29, 0.717) is 23.2 Å². The van der Waals surface area contributed by atoms with Crippen LogP contribution in [0.3, 0.4) is 0 Å². The highest BCUT2D eigenvalue weighted by atomic mass is 79.9. The molecule has 0 amide bonds. The summed E-state index contributed by atoms with van der Waals surface area (Å²) in [7, 11) is 1.36. The normalized spacial score (nSPS) is 10.0. The first kappa shape index (κ1) is 13.5. The highest BCUT2D eigenvalue weighted by molar-refractivity contribution is 9.10. The summed E-state index contributed by atoms with van der Waals surface area (Å²) in [6.07, 6.45) is 0. The largest absolute Gasteiger partial charge is 0.492 e. The molecule has 0 aliphatic heterocycles. The van der Waals surface area contributed by atoms with Crippen LogP contribution in [-0.2, 0) is 10.1 Å². The minimum absolute atomic E-state index is 0.390. The van der Waals surface area contributed by atoms with Crippen molar-refractivity contribution in [3.63, 3.8) is 0 Å². The summed E-state index contributed by atoms with van der Waals surface area (Å²) in [5.41, 5.74) is 1.31. The molecule has 3 nitrogen and oxygen atoms in total. The van der Waals surface area contributed by atoms with Gasteiger partial charge < -0.3 is 9.47 Å². The van der Waals surface area contributed by atoms with Gasteiger partial charge in [-0.3, -0.25) is 0 Å². The molecule has 1 aromatic carbocycles. The van der Waals surface area contributed by atoms with Crippen molar-refractivity contribution in [2.24, 2.45) is 0 Å². The lowest BCUT2D eigenvalue weighted by atomic mass is 10.1. The fraction of sp³-hybridized carbons (Fsp3) is 0.364. The van der Waals surface area contributed by atoms with Gasteiger partial charge in [-0.2, -0.15) is 0 Å². The number of halogens is 2. The standard InChI is InChI=1S/C11H12Br2O3/c1-3-16-10-8(13)5-4-7(6-12)9(10)11(14)15-2/h4-5H,3,6H2,1-2H3. The van der Waals surface area contributed by atoms with Gasteiger partial charge in [-0.15, -0.1) is 0 Å². The van der Waals surface area contributed by atoms with Gasteiger partial charge in [-0.25, -0.2) is 4.79 Å². The lowest BCUT2D eigenvalue weighted by molar-refractivity contribution is 0.0595. The third kappa shape index (κ3) is 2.77. The quantitative estimate of drug-likeness (QED) is 0.615. The summed E-state index contributed by atoms with van der Waals surface area (Å²) in [4.78, 5) is 11.7. The fourth-order valence-electron chi connectivity index (χ4n) is 1.32. The molecule has 0 spiro atoms. The summed E-state index contributed by atoms with van der Waals surface area (Å²) >= 11 is 6.70. The van der Waals surface area contributed by atoms with Crippen molar-refractivity contribution in [3.05, 3.63) is 27.7 Å². The first-order chi connectivity index (χ1) is 7.65. The number of methoxy groups -OCH3 is 1. The molecule has 1 aromatic rings. The zero-order valence-corrected chi connectivity index (χ0v) is 12.2. The van der Waals surface area contributed by atoms with Crippen molar-refractivity contribution in [1.82, 2.24) is 0 Å². The predicted octanol–water partition coefficient (Wildman–Crippen LogP) is 3.53. The minimum atomic E-state index is -0.390. The van der Waals surface area contributed by atoms with E-state index >= 15 is 0 Å². The highest BCUT2D eigenvalue weighted by Crippen LogP contribution is 2.33. The Hall–Kier alpha value is -0.550. The van der Waals surface area contributed by atoms with Crippen molar-refractivity contribution in [1.29, 1.82) is 0 Å². The summed E-state index contributed by atoms with van der Waals surface area (Å²) in [6, 6.07) is 3.71. The second kappa shape index (κ2) is 6.25. The second-order valence-corrected chi connectivity index (χ2v) is 4.38. The van der Waals surface area contributed by atoms with Crippen LogP contribution in [0.25, 0.3) is 0 Å². The van der Waals surface area contributed by atoms with E-state index in [1.165, 1.54) is 7.11 Å². The van der Waals surface area contributed by atoms with Gasteiger partial charge >= 0.3 is 5.97 Å². The molecule has 0 aromatic heterocycles. The molecule has 0 radical (unpaired) electrons. The van der Waals surface area contributed by atoms with E-state index in [1.807, 2.05) is 19.1 Å². The molecule has 0 aliphatic carbocycles. The second-order valence-electron chi connectivity index (χ2n) is 2.97. The Morgan fingerprint density at radius 2 is 2.12 bits per heavy atom. The molecule has 0 atom stereocenters. The Balaban J connectivity index is 3.35. The number of hydrogen-bond acceptors (Lipinski definition) is 3. The average molecular weight is 352 g/mol. The van der Waals surface area contributed by atoms with Crippen molar-refractivity contribution in [2.45, 2.75) is 12.3 Å². The Bertz CT molecular complexity index is 391. The fourth-order valence-corrected chi connectivity index (χ4v) is 2.23. The lowest BCUT2D eigenvalue weighted by Gasteiger charge is -2.13. The topological polar surface area (TPSA) is 35.5 Å². The van der Waals surface area contributed by atoms with Gasteiger partial charge in [0.05, 0.1) is 18.2 Å². The van der Waals surface area contributed by atoms with Crippen LogP contribution in [0.2, 0.25) is 0 Å². The number of hydrogen-bond donors (Lipinski definition) is 0.